The van der Waals surface area contributed by atoms with Gasteiger partial charge in [-0.25, -0.2) is 0 Å². The molecule has 1 aliphatic heterocycles. The van der Waals surface area contributed by atoms with E-state index in [9.17, 15) is 0 Å². The van der Waals surface area contributed by atoms with Crippen LogP contribution in [0, 0.1) is 5.92 Å². The molecular weight excluding hydrogens is 351 g/mol. The highest BCUT2D eigenvalue weighted by atomic mass is 35.5. The van der Waals surface area contributed by atoms with E-state index < -0.39 is 0 Å². The summed E-state index contributed by atoms with van der Waals surface area (Å²) in [6.07, 6.45) is 9.19. The van der Waals surface area contributed by atoms with E-state index in [0.717, 1.165) is 37.6 Å². The van der Waals surface area contributed by atoms with E-state index in [-0.39, 0.29) is 6.04 Å². The molecule has 1 N–H and O–H groups in total. The highest BCUT2D eigenvalue weighted by Crippen LogP contribution is 2.35. The van der Waals surface area contributed by atoms with Gasteiger partial charge in [-0.2, -0.15) is 0 Å². The van der Waals surface area contributed by atoms with E-state index in [4.69, 9.17) is 23.2 Å². The van der Waals surface area contributed by atoms with Gasteiger partial charge in [0.1, 0.15) is 0 Å². The molecule has 1 heterocycles. The number of nitrogens with one attached hydrogen (secondary N) is 1. The number of rotatable bonds is 7. The molecule has 0 amide bonds. The molecule has 25 heavy (non-hydrogen) atoms. The van der Waals surface area contributed by atoms with Crippen LogP contribution >= 0.6 is 23.2 Å². The average Bonchev–Trinajstić information content (AvgIpc) is 2.61. The van der Waals surface area contributed by atoms with Gasteiger partial charge >= 0.3 is 0 Å². The Balaban J connectivity index is 2.25. The van der Waals surface area contributed by atoms with E-state index in [2.05, 4.69) is 55.3 Å². The van der Waals surface area contributed by atoms with Crippen molar-refractivity contribution in [2.75, 3.05) is 26.2 Å². The van der Waals surface area contributed by atoms with Gasteiger partial charge in [0.25, 0.3) is 0 Å². The molecule has 1 fully saturated rings. The summed E-state index contributed by atoms with van der Waals surface area (Å²) in [6, 6.07) is 6.15. The van der Waals surface area contributed by atoms with Gasteiger partial charge in [0.15, 0.2) is 0 Å². The molecule has 0 aliphatic carbocycles. The largest absolute Gasteiger partial charge is 0.314 e. The van der Waals surface area contributed by atoms with Crippen LogP contribution in [0.3, 0.4) is 0 Å². The van der Waals surface area contributed by atoms with E-state index >= 15 is 0 Å². The van der Waals surface area contributed by atoms with Crippen LogP contribution in [0.25, 0.3) is 0 Å². The molecule has 1 saturated heterocycles. The molecule has 138 valence electrons. The highest BCUT2D eigenvalue weighted by Gasteiger charge is 2.27. The number of nitrogens with zero attached hydrogens (tertiary/aromatic N) is 1. The first-order valence-electron chi connectivity index (χ1n) is 9.27. The minimum atomic E-state index is 0.266. The fourth-order valence-corrected chi connectivity index (χ4v) is 3.88. The summed E-state index contributed by atoms with van der Waals surface area (Å²) in [5.74, 6) is 0.363. The summed E-state index contributed by atoms with van der Waals surface area (Å²) in [5.41, 5.74) is 2.50. The Hall–Kier alpha value is -0.800. The van der Waals surface area contributed by atoms with Crippen LogP contribution in [-0.2, 0) is 0 Å². The first kappa shape index (κ1) is 20.5. The van der Waals surface area contributed by atoms with Crippen LogP contribution in [0.2, 0.25) is 10.0 Å². The minimum absolute atomic E-state index is 0.266. The van der Waals surface area contributed by atoms with Crippen molar-refractivity contribution >= 4 is 23.2 Å². The number of halogens is 2. The van der Waals surface area contributed by atoms with Gasteiger partial charge in [0.05, 0.1) is 0 Å². The van der Waals surface area contributed by atoms with Gasteiger partial charge < -0.3 is 5.32 Å². The van der Waals surface area contributed by atoms with E-state index in [0.29, 0.717) is 10.9 Å². The Labute approximate surface area is 162 Å². The molecular formula is C21H30Cl2N2. The summed E-state index contributed by atoms with van der Waals surface area (Å²) in [5, 5.41) is 4.88. The van der Waals surface area contributed by atoms with Crippen LogP contribution in [0.15, 0.2) is 42.0 Å². The van der Waals surface area contributed by atoms with Gasteiger partial charge in [-0.1, -0.05) is 73.3 Å². The molecule has 1 aromatic carbocycles. The highest BCUT2D eigenvalue weighted by molar-refractivity contribution is 6.35. The molecule has 2 rings (SSSR count). The Morgan fingerprint density at radius 2 is 2.00 bits per heavy atom. The predicted molar refractivity (Wildman–Crippen MR) is 111 cm³/mol. The summed E-state index contributed by atoms with van der Waals surface area (Å²) in [7, 11) is 0. The standard InChI is InChI=1S/C21H30Cl2N2/c1-4-5-6-16(2)7-8-17(3)21(25-13-11-24-12-14-25)19-10-9-18(22)15-20(19)23/h6-10,15,17,21,24H,4-5,11-14H2,1-3H3/b8-7-,16-6-. The lowest BCUT2D eigenvalue weighted by Gasteiger charge is -2.38. The molecule has 0 saturated carbocycles. The quantitative estimate of drug-likeness (QED) is 0.594. The third-order valence-corrected chi connectivity index (χ3v) is 5.30. The van der Waals surface area contributed by atoms with E-state index in [1.54, 1.807) is 0 Å². The summed E-state index contributed by atoms with van der Waals surface area (Å²) >= 11 is 12.7. The average molecular weight is 381 g/mol. The van der Waals surface area contributed by atoms with Gasteiger partial charge in [-0.15, -0.1) is 0 Å². The lowest BCUT2D eigenvalue weighted by Crippen LogP contribution is -2.46. The number of piperazine rings is 1. The van der Waals surface area contributed by atoms with Crippen molar-refractivity contribution < 1.29 is 0 Å². The molecule has 0 spiro atoms. The SMILES string of the molecule is CCC/C=C(C)\C=C/C(C)C(c1ccc(Cl)cc1Cl)N1CCNCC1. The number of benzene rings is 1. The normalized spacial score (nSPS) is 19.3. The van der Waals surface area contributed by atoms with Crippen molar-refractivity contribution in [1.29, 1.82) is 0 Å². The van der Waals surface area contributed by atoms with Crippen molar-refractivity contribution in [3.05, 3.63) is 57.6 Å². The summed E-state index contributed by atoms with van der Waals surface area (Å²) < 4.78 is 0. The first-order chi connectivity index (χ1) is 12.0. The molecule has 1 aromatic rings. The monoisotopic (exact) mass is 380 g/mol. The van der Waals surface area contributed by atoms with Crippen LogP contribution < -0.4 is 5.32 Å². The third-order valence-electron chi connectivity index (χ3n) is 4.74. The van der Waals surface area contributed by atoms with Crippen LogP contribution in [0.5, 0.6) is 0 Å². The minimum Gasteiger partial charge on any atom is -0.314 e. The predicted octanol–water partition coefficient (Wildman–Crippen LogP) is 5.88. The smallest absolute Gasteiger partial charge is 0.0468 e. The maximum atomic E-state index is 6.56. The maximum Gasteiger partial charge on any atom is 0.0468 e. The number of hydrogen-bond acceptors (Lipinski definition) is 2. The lowest BCUT2D eigenvalue weighted by atomic mass is 9.91. The fourth-order valence-electron chi connectivity index (χ4n) is 3.36. The Morgan fingerprint density at radius 1 is 1.28 bits per heavy atom. The molecule has 2 nitrogen and oxygen atoms in total. The molecule has 0 radical (unpaired) electrons. The number of unbranched alkanes of at least 4 members (excludes halogenated alkanes) is 1. The summed E-state index contributed by atoms with van der Waals surface area (Å²) in [6.45, 7) is 10.8. The first-order valence-corrected chi connectivity index (χ1v) is 10.0. The molecule has 0 aromatic heterocycles. The summed E-state index contributed by atoms with van der Waals surface area (Å²) in [4.78, 5) is 2.53. The van der Waals surface area contributed by atoms with Crippen LogP contribution in [0.1, 0.15) is 45.2 Å². The number of hydrogen-bond donors (Lipinski definition) is 1. The fraction of sp³-hybridized carbons (Fsp3) is 0.524. The zero-order valence-corrected chi connectivity index (χ0v) is 17.1. The Bertz CT molecular complexity index is 604. The second-order valence-corrected chi connectivity index (χ2v) is 7.70. The van der Waals surface area contributed by atoms with Crippen molar-refractivity contribution in [2.45, 2.75) is 39.7 Å². The zero-order chi connectivity index (χ0) is 18.2. The molecule has 2 unspecified atom stereocenters. The Morgan fingerprint density at radius 3 is 2.64 bits per heavy atom. The third kappa shape index (κ3) is 6.14. The zero-order valence-electron chi connectivity index (χ0n) is 15.6. The van der Waals surface area contributed by atoms with E-state index in [1.165, 1.54) is 17.6 Å². The van der Waals surface area contributed by atoms with Gasteiger partial charge in [-0.3, -0.25) is 4.90 Å². The second kappa shape index (κ2) is 10.4. The van der Waals surface area contributed by atoms with Crippen molar-refractivity contribution in [2.24, 2.45) is 5.92 Å². The lowest BCUT2D eigenvalue weighted by molar-refractivity contribution is 0.146. The van der Waals surface area contributed by atoms with Crippen LogP contribution in [-0.4, -0.2) is 31.1 Å². The second-order valence-electron chi connectivity index (χ2n) is 6.85. The number of allylic oxidation sites excluding steroid dienone is 3. The molecule has 2 atom stereocenters. The Kier molecular flexibility index (Phi) is 8.51. The van der Waals surface area contributed by atoms with Crippen molar-refractivity contribution in [3.8, 4) is 0 Å². The van der Waals surface area contributed by atoms with Crippen molar-refractivity contribution in [1.82, 2.24) is 10.2 Å². The topological polar surface area (TPSA) is 15.3 Å². The van der Waals surface area contributed by atoms with Gasteiger partial charge in [-0.05, 0) is 37.0 Å². The van der Waals surface area contributed by atoms with Crippen molar-refractivity contribution in [3.63, 3.8) is 0 Å². The molecule has 4 heteroatoms. The molecule has 1 aliphatic rings. The maximum absolute atomic E-state index is 6.56. The van der Waals surface area contributed by atoms with Gasteiger partial charge in [0, 0.05) is 42.3 Å². The van der Waals surface area contributed by atoms with E-state index in [1.807, 2.05) is 12.1 Å². The van der Waals surface area contributed by atoms with Crippen LogP contribution in [0.4, 0.5) is 0 Å². The molecule has 0 bridgehead atoms. The van der Waals surface area contributed by atoms with Gasteiger partial charge in [0.2, 0.25) is 0 Å².